The van der Waals surface area contributed by atoms with Gasteiger partial charge in [0.15, 0.2) is 0 Å². The second-order valence-electron chi connectivity index (χ2n) is 3.96. The molecule has 6 nitrogen and oxygen atoms in total. The predicted octanol–water partition coefficient (Wildman–Crippen LogP) is 0.630. The van der Waals surface area contributed by atoms with Crippen molar-refractivity contribution in [3.05, 3.63) is 17.7 Å². The molecule has 0 aliphatic carbocycles. The molecule has 0 aliphatic heterocycles. The van der Waals surface area contributed by atoms with Crippen molar-refractivity contribution in [3.8, 4) is 17.2 Å². The zero-order valence-corrected chi connectivity index (χ0v) is 11.7. The average Bonchev–Trinajstić information content (AvgIpc) is 2.45. The molecule has 0 unspecified atom stereocenters. The summed E-state index contributed by atoms with van der Waals surface area (Å²) in [6.07, 6.45) is 0. The van der Waals surface area contributed by atoms with Gasteiger partial charge in [-0.1, -0.05) is 0 Å². The van der Waals surface area contributed by atoms with Crippen molar-refractivity contribution in [2.75, 3.05) is 34.9 Å². The molecule has 106 valence electrons. The van der Waals surface area contributed by atoms with Gasteiger partial charge in [0.05, 0.1) is 40.0 Å². The summed E-state index contributed by atoms with van der Waals surface area (Å²) in [6.45, 7) is 0.323. The number of methoxy groups -OCH3 is 3. The Bertz CT molecular complexity index is 423. The standard InChI is InChI=1S/C13H20N2O4/c1-15(13(16)7-14)8-10-11(18-3)5-9(17-2)6-12(10)19-4/h5-6H,7-8,14H2,1-4H3. The molecule has 0 fully saturated rings. The summed E-state index contributed by atoms with van der Waals surface area (Å²) in [7, 11) is 6.36. The minimum absolute atomic E-state index is 0.0305. The lowest BCUT2D eigenvalue weighted by Gasteiger charge is -2.20. The number of likely N-dealkylation sites (N-methyl/N-ethyl adjacent to an activating group) is 1. The zero-order valence-electron chi connectivity index (χ0n) is 11.7. The van der Waals surface area contributed by atoms with E-state index in [0.29, 0.717) is 23.8 Å². The van der Waals surface area contributed by atoms with Crippen molar-refractivity contribution in [3.63, 3.8) is 0 Å². The average molecular weight is 268 g/mol. The van der Waals surface area contributed by atoms with Crippen LogP contribution in [0.25, 0.3) is 0 Å². The van der Waals surface area contributed by atoms with Gasteiger partial charge in [0.25, 0.3) is 0 Å². The van der Waals surface area contributed by atoms with Crippen molar-refractivity contribution in [1.82, 2.24) is 4.90 Å². The van der Waals surface area contributed by atoms with E-state index in [1.807, 2.05) is 0 Å². The lowest BCUT2D eigenvalue weighted by atomic mass is 10.1. The predicted molar refractivity (Wildman–Crippen MR) is 71.6 cm³/mol. The molecule has 1 amide bonds. The smallest absolute Gasteiger partial charge is 0.236 e. The first-order valence-electron chi connectivity index (χ1n) is 5.80. The van der Waals surface area contributed by atoms with Crippen molar-refractivity contribution >= 4 is 5.91 Å². The van der Waals surface area contributed by atoms with Gasteiger partial charge in [0.1, 0.15) is 17.2 Å². The summed E-state index contributed by atoms with van der Waals surface area (Å²) in [6, 6.07) is 3.50. The third-order valence-electron chi connectivity index (χ3n) is 2.81. The van der Waals surface area contributed by atoms with E-state index in [4.69, 9.17) is 19.9 Å². The summed E-state index contributed by atoms with van der Waals surface area (Å²) in [5, 5.41) is 0. The number of hydrogen-bond donors (Lipinski definition) is 1. The van der Waals surface area contributed by atoms with Crippen LogP contribution in [0, 0.1) is 0 Å². The van der Waals surface area contributed by atoms with E-state index < -0.39 is 0 Å². The number of ether oxygens (including phenoxy) is 3. The third-order valence-corrected chi connectivity index (χ3v) is 2.81. The van der Waals surface area contributed by atoms with Crippen LogP contribution in [-0.4, -0.2) is 45.7 Å². The van der Waals surface area contributed by atoms with E-state index in [-0.39, 0.29) is 12.5 Å². The summed E-state index contributed by atoms with van der Waals surface area (Å²) in [5.74, 6) is 1.69. The molecular weight excluding hydrogens is 248 g/mol. The van der Waals surface area contributed by atoms with Crippen molar-refractivity contribution < 1.29 is 19.0 Å². The van der Waals surface area contributed by atoms with E-state index >= 15 is 0 Å². The van der Waals surface area contributed by atoms with Gasteiger partial charge in [0.2, 0.25) is 5.91 Å². The van der Waals surface area contributed by atoms with Crippen LogP contribution in [0.4, 0.5) is 0 Å². The monoisotopic (exact) mass is 268 g/mol. The summed E-state index contributed by atoms with van der Waals surface area (Å²) >= 11 is 0. The lowest BCUT2D eigenvalue weighted by Crippen LogP contribution is -2.32. The Morgan fingerprint density at radius 2 is 1.68 bits per heavy atom. The highest BCUT2D eigenvalue weighted by molar-refractivity contribution is 5.77. The van der Waals surface area contributed by atoms with Gasteiger partial charge in [-0.3, -0.25) is 4.79 Å². The van der Waals surface area contributed by atoms with Gasteiger partial charge in [-0.05, 0) is 0 Å². The van der Waals surface area contributed by atoms with Gasteiger partial charge >= 0.3 is 0 Å². The molecule has 1 aromatic rings. The van der Waals surface area contributed by atoms with Crippen LogP contribution in [0.5, 0.6) is 17.2 Å². The Hall–Kier alpha value is -1.95. The van der Waals surface area contributed by atoms with E-state index in [1.165, 1.54) is 4.90 Å². The molecule has 0 heterocycles. The Morgan fingerprint density at radius 1 is 1.16 bits per heavy atom. The van der Waals surface area contributed by atoms with Crippen molar-refractivity contribution in [2.24, 2.45) is 5.73 Å². The number of amides is 1. The maximum Gasteiger partial charge on any atom is 0.236 e. The van der Waals surface area contributed by atoms with E-state index in [1.54, 1.807) is 40.5 Å². The molecule has 1 rings (SSSR count). The van der Waals surface area contributed by atoms with Crippen LogP contribution in [0.3, 0.4) is 0 Å². The Kier molecular flexibility index (Phi) is 5.44. The molecule has 0 aliphatic rings. The van der Waals surface area contributed by atoms with Crippen LogP contribution in [0.2, 0.25) is 0 Å². The summed E-state index contributed by atoms with van der Waals surface area (Å²) in [5.41, 5.74) is 6.11. The molecular formula is C13H20N2O4. The highest BCUT2D eigenvalue weighted by Gasteiger charge is 2.17. The normalized spacial score (nSPS) is 9.95. The quantitative estimate of drug-likeness (QED) is 0.819. The van der Waals surface area contributed by atoms with Gasteiger partial charge in [-0.15, -0.1) is 0 Å². The number of rotatable bonds is 6. The van der Waals surface area contributed by atoms with Crippen molar-refractivity contribution in [2.45, 2.75) is 6.54 Å². The molecule has 6 heteroatoms. The van der Waals surface area contributed by atoms with Crippen LogP contribution in [-0.2, 0) is 11.3 Å². The first-order valence-corrected chi connectivity index (χ1v) is 5.80. The number of benzene rings is 1. The topological polar surface area (TPSA) is 74.0 Å². The number of nitrogens with zero attached hydrogens (tertiary/aromatic N) is 1. The Labute approximate surface area is 113 Å². The molecule has 1 aromatic carbocycles. The van der Waals surface area contributed by atoms with Gasteiger partial charge < -0.3 is 24.8 Å². The number of hydrogen-bond acceptors (Lipinski definition) is 5. The zero-order chi connectivity index (χ0) is 14.4. The molecule has 0 radical (unpaired) electrons. The molecule has 19 heavy (non-hydrogen) atoms. The van der Waals surface area contributed by atoms with Gasteiger partial charge in [-0.25, -0.2) is 0 Å². The number of carbonyl (C=O) groups excluding carboxylic acids is 1. The molecule has 0 aromatic heterocycles. The largest absolute Gasteiger partial charge is 0.496 e. The molecule has 2 N–H and O–H groups in total. The molecule has 0 spiro atoms. The second kappa shape index (κ2) is 6.84. The van der Waals surface area contributed by atoms with Crippen LogP contribution in [0.1, 0.15) is 5.56 Å². The molecule has 0 saturated heterocycles. The fourth-order valence-corrected chi connectivity index (χ4v) is 1.71. The Balaban J connectivity index is 3.13. The van der Waals surface area contributed by atoms with E-state index in [2.05, 4.69) is 0 Å². The van der Waals surface area contributed by atoms with Crippen molar-refractivity contribution in [1.29, 1.82) is 0 Å². The van der Waals surface area contributed by atoms with Crippen LogP contribution < -0.4 is 19.9 Å². The SMILES string of the molecule is COc1cc(OC)c(CN(C)C(=O)CN)c(OC)c1. The fourth-order valence-electron chi connectivity index (χ4n) is 1.71. The molecule has 0 atom stereocenters. The highest BCUT2D eigenvalue weighted by atomic mass is 16.5. The lowest BCUT2D eigenvalue weighted by molar-refractivity contribution is -0.128. The summed E-state index contributed by atoms with van der Waals surface area (Å²) in [4.78, 5) is 13.1. The minimum Gasteiger partial charge on any atom is -0.496 e. The van der Waals surface area contributed by atoms with Gasteiger partial charge in [-0.2, -0.15) is 0 Å². The number of nitrogens with two attached hydrogens (primary N) is 1. The van der Waals surface area contributed by atoms with E-state index in [9.17, 15) is 4.79 Å². The van der Waals surface area contributed by atoms with Crippen LogP contribution in [0.15, 0.2) is 12.1 Å². The van der Waals surface area contributed by atoms with Crippen LogP contribution >= 0.6 is 0 Å². The first kappa shape index (κ1) is 15.1. The maximum absolute atomic E-state index is 11.5. The number of carbonyl (C=O) groups is 1. The maximum atomic E-state index is 11.5. The highest BCUT2D eigenvalue weighted by Crippen LogP contribution is 2.34. The summed E-state index contributed by atoms with van der Waals surface area (Å²) < 4.78 is 15.8. The van der Waals surface area contributed by atoms with Gasteiger partial charge in [0, 0.05) is 19.2 Å². The van der Waals surface area contributed by atoms with E-state index in [0.717, 1.165) is 5.56 Å². The fraction of sp³-hybridized carbons (Fsp3) is 0.462. The molecule has 0 saturated carbocycles. The molecule has 0 bridgehead atoms. The Morgan fingerprint density at radius 3 is 2.05 bits per heavy atom. The second-order valence-corrected chi connectivity index (χ2v) is 3.96. The third kappa shape index (κ3) is 3.51. The first-order chi connectivity index (χ1) is 9.07. The minimum atomic E-state index is -0.153.